The lowest BCUT2D eigenvalue weighted by Gasteiger charge is -2.17. The maximum Gasteiger partial charge on any atom is 0.442 e. The van der Waals surface area contributed by atoms with Crippen molar-refractivity contribution in [3.05, 3.63) is 28.1 Å². The Morgan fingerprint density at radius 3 is 2.85 bits per heavy atom. The molecule has 2 heterocycles. The highest BCUT2D eigenvalue weighted by Gasteiger charge is 2.18. The molecule has 0 aliphatic rings. The summed E-state index contributed by atoms with van der Waals surface area (Å²) in [5.74, 6) is -0.137. The molecular weight excluding hydrogens is 278 g/mol. The number of thiophene rings is 1. The van der Waals surface area contributed by atoms with E-state index in [1.54, 1.807) is 0 Å². The van der Waals surface area contributed by atoms with Crippen molar-refractivity contribution in [2.75, 3.05) is 0 Å². The second kappa shape index (κ2) is 6.04. The van der Waals surface area contributed by atoms with E-state index in [1.165, 1.54) is 15.9 Å². The molecule has 20 heavy (non-hydrogen) atoms. The van der Waals surface area contributed by atoms with Crippen LogP contribution in [0, 0.1) is 5.92 Å². The average Bonchev–Trinajstić information content (AvgIpc) is 3.00. The molecule has 1 unspecified atom stereocenters. The molecule has 0 spiro atoms. The number of hydrogen-bond acceptors (Lipinski definition) is 5. The molecule has 1 amide bonds. The van der Waals surface area contributed by atoms with Crippen LogP contribution in [0.3, 0.4) is 0 Å². The Balaban J connectivity index is 2.16. The Bertz CT molecular complexity index is 628. The first-order valence-corrected chi connectivity index (χ1v) is 7.26. The number of amides is 1. The van der Waals surface area contributed by atoms with Gasteiger partial charge in [0.2, 0.25) is 5.91 Å². The minimum Gasteiger partial charge on any atom is -0.352 e. The van der Waals surface area contributed by atoms with Crippen LogP contribution in [0.4, 0.5) is 0 Å². The van der Waals surface area contributed by atoms with Crippen LogP contribution in [0.2, 0.25) is 0 Å². The Kier molecular flexibility index (Phi) is 4.39. The van der Waals surface area contributed by atoms with E-state index in [0.29, 0.717) is 11.7 Å². The Labute approximate surface area is 120 Å². The molecule has 0 saturated carbocycles. The van der Waals surface area contributed by atoms with E-state index in [0.717, 1.165) is 4.88 Å². The number of hydrogen-bond donors (Lipinski definition) is 1. The van der Waals surface area contributed by atoms with Crippen LogP contribution >= 0.6 is 11.3 Å². The van der Waals surface area contributed by atoms with Crippen LogP contribution in [0.5, 0.6) is 0 Å². The summed E-state index contributed by atoms with van der Waals surface area (Å²) in [6.45, 7) is 5.88. The predicted octanol–water partition coefficient (Wildman–Crippen LogP) is 1.73. The maximum atomic E-state index is 12.0. The molecular formula is C13H17N3O3S. The molecule has 108 valence electrons. The molecule has 6 nitrogen and oxygen atoms in total. The van der Waals surface area contributed by atoms with Gasteiger partial charge in [-0.15, -0.1) is 11.3 Å². The fourth-order valence-electron chi connectivity index (χ4n) is 1.60. The van der Waals surface area contributed by atoms with Crippen molar-refractivity contribution in [2.24, 2.45) is 5.92 Å². The van der Waals surface area contributed by atoms with Crippen molar-refractivity contribution in [3.63, 3.8) is 0 Å². The summed E-state index contributed by atoms with van der Waals surface area (Å²) in [7, 11) is 0. The van der Waals surface area contributed by atoms with Crippen molar-refractivity contribution < 1.29 is 9.32 Å². The van der Waals surface area contributed by atoms with E-state index >= 15 is 0 Å². The molecule has 0 aliphatic heterocycles. The molecule has 0 bridgehead atoms. The summed E-state index contributed by atoms with van der Waals surface area (Å²) in [5.41, 5.74) is 0. The zero-order chi connectivity index (χ0) is 14.7. The van der Waals surface area contributed by atoms with Crippen molar-refractivity contribution in [3.8, 4) is 10.7 Å². The fraction of sp³-hybridized carbons (Fsp3) is 0.462. The number of aromatic nitrogens is 2. The Hall–Kier alpha value is -1.89. The summed E-state index contributed by atoms with van der Waals surface area (Å²) in [6, 6.07) is 3.72. The van der Waals surface area contributed by atoms with E-state index in [1.807, 2.05) is 38.3 Å². The van der Waals surface area contributed by atoms with E-state index < -0.39 is 5.76 Å². The highest BCUT2D eigenvalue weighted by atomic mass is 32.1. The predicted molar refractivity (Wildman–Crippen MR) is 76.5 cm³/mol. The summed E-state index contributed by atoms with van der Waals surface area (Å²) in [6.07, 6.45) is 0. The summed E-state index contributed by atoms with van der Waals surface area (Å²) >= 11 is 1.44. The lowest BCUT2D eigenvalue weighted by molar-refractivity contribution is -0.122. The second-order valence-corrected chi connectivity index (χ2v) is 5.88. The van der Waals surface area contributed by atoms with Gasteiger partial charge in [-0.1, -0.05) is 25.1 Å². The zero-order valence-electron chi connectivity index (χ0n) is 11.6. The quantitative estimate of drug-likeness (QED) is 0.911. The SMILES string of the molecule is CC(C)C(C)NC(=O)Cn1c(-c2cccs2)noc1=O. The standard InChI is InChI=1S/C13H17N3O3S/c1-8(2)9(3)14-11(17)7-16-12(15-19-13(16)18)10-5-4-6-20-10/h4-6,8-9H,7H2,1-3H3,(H,14,17). The van der Waals surface area contributed by atoms with E-state index in [-0.39, 0.29) is 18.5 Å². The molecule has 0 saturated heterocycles. The van der Waals surface area contributed by atoms with Gasteiger partial charge in [0.1, 0.15) is 6.54 Å². The first kappa shape index (κ1) is 14.5. The molecule has 7 heteroatoms. The van der Waals surface area contributed by atoms with Crippen LogP contribution in [0.25, 0.3) is 10.7 Å². The van der Waals surface area contributed by atoms with Gasteiger partial charge in [-0.2, -0.15) is 0 Å². The number of rotatable bonds is 5. The fourth-order valence-corrected chi connectivity index (χ4v) is 2.31. The van der Waals surface area contributed by atoms with Gasteiger partial charge in [0.25, 0.3) is 0 Å². The molecule has 2 aromatic heterocycles. The van der Waals surface area contributed by atoms with Crippen LogP contribution in [0.15, 0.2) is 26.8 Å². The highest BCUT2D eigenvalue weighted by Crippen LogP contribution is 2.21. The lowest BCUT2D eigenvalue weighted by atomic mass is 10.1. The van der Waals surface area contributed by atoms with E-state index in [4.69, 9.17) is 0 Å². The maximum absolute atomic E-state index is 12.0. The van der Waals surface area contributed by atoms with Crippen LogP contribution in [-0.2, 0) is 11.3 Å². The van der Waals surface area contributed by atoms with Crippen molar-refractivity contribution in [1.29, 1.82) is 0 Å². The number of nitrogens with one attached hydrogen (secondary N) is 1. The first-order valence-electron chi connectivity index (χ1n) is 6.38. The molecule has 0 radical (unpaired) electrons. The van der Waals surface area contributed by atoms with Crippen LogP contribution < -0.4 is 11.1 Å². The van der Waals surface area contributed by atoms with Crippen LogP contribution in [-0.4, -0.2) is 21.7 Å². The third-order valence-electron chi connectivity index (χ3n) is 3.12. The average molecular weight is 295 g/mol. The molecule has 0 aromatic carbocycles. The second-order valence-electron chi connectivity index (χ2n) is 4.94. The highest BCUT2D eigenvalue weighted by molar-refractivity contribution is 7.13. The minimum absolute atomic E-state index is 0.0447. The van der Waals surface area contributed by atoms with E-state index in [9.17, 15) is 9.59 Å². The van der Waals surface area contributed by atoms with Gasteiger partial charge in [-0.05, 0) is 24.3 Å². The third kappa shape index (κ3) is 3.16. The third-order valence-corrected chi connectivity index (χ3v) is 3.98. The zero-order valence-corrected chi connectivity index (χ0v) is 12.4. The molecule has 2 aromatic rings. The van der Waals surface area contributed by atoms with Gasteiger partial charge in [0, 0.05) is 6.04 Å². The number of nitrogens with zero attached hydrogens (tertiary/aromatic N) is 2. The lowest BCUT2D eigenvalue weighted by Crippen LogP contribution is -2.39. The summed E-state index contributed by atoms with van der Waals surface area (Å²) < 4.78 is 5.90. The minimum atomic E-state index is -0.624. The summed E-state index contributed by atoms with van der Waals surface area (Å²) in [5, 5.41) is 8.46. The smallest absolute Gasteiger partial charge is 0.352 e. The Morgan fingerprint density at radius 2 is 2.25 bits per heavy atom. The van der Waals surface area contributed by atoms with E-state index in [2.05, 4.69) is 15.0 Å². The molecule has 1 N–H and O–H groups in total. The molecule has 2 rings (SSSR count). The van der Waals surface area contributed by atoms with Crippen molar-refractivity contribution in [2.45, 2.75) is 33.4 Å². The monoisotopic (exact) mass is 295 g/mol. The molecule has 0 fully saturated rings. The normalized spacial score (nSPS) is 12.6. The molecule has 0 aliphatic carbocycles. The topological polar surface area (TPSA) is 77.1 Å². The Morgan fingerprint density at radius 1 is 1.50 bits per heavy atom. The van der Waals surface area contributed by atoms with Crippen molar-refractivity contribution in [1.82, 2.24) is 15.0 Å². The van der Waals surface area contributed by atoms with Gasteiger partial charge in [0.05, 0.1) is 4.88 Å². The van der Waals surface area contributed by atoms with Gasteiger partial charge < -0.3 is 5.32 Å². The first-order chi connectivity index (χ1) is 9.49. The number of carbonyl (C=O) groups excluding carboxylic acids is 1. The van der Waals surface area contributed by atoms with Crippen molar-refractivity contribution >= 4 is 17.2 Å². The van der Waals surface area contributed by atoms with Gasteiger partial charge in [-0.25, -0.2) is 9.36 Å². The number of carbonyl (C=O) groups is 1. The van der Waals surface area contributed by atoms with Crippen LogP contribution in [0.1, 0.15) is 20.8 Å². The van der Waals surface area contributed by atoms with Gasteiger partial charge in [-0.3, -0.25) is 9.32 Å². The largest absolute Gasteiger partial charge is 0.442 e. The van der Waals surface area contributed by atoms with Gasteiger partial charge in [0.15, 0.2) is 5.82 Å². The van der Waals surface area contributed by atoms with Gasteiger partial charge >= 0.3 is 5.76 Å². The summed E-state index contributed by atoms with van der Waals surface area (Å²) in [4.78, 5) is 24.4. The molecule has 1 atom stereocenters.